The Morgan fingerprint density at radius 1 is 1.39 bits per heavy atom. The van der Waals surface area contributed by atoms with Crippen molar-refractivity contribution < 1.29 is 23.4 Å². The summed E-state index contributed by atoms with van der Waals surface area (Å²) in [4.78, 5) is 19.6. The average molecular weight is 480 g/mol. The molecule has 0 radical (unpaired) electrons. The molecular formula is C24H31F2N3O3S. The Bertz CT molecular complexity index is 990. The molecule has 4 atom stereocenters. The van der Waals surface area contributed by atoms with Gasteiger partial charge < -0.3 is 9.84 Å². The number of aliphatic carboxylic acids is 1. The minimum atomic E-state index is -2.96. The molecule has 180 valence electrons. The van der Waals surface area contributed by atoms with E-state index in [0.29, 0.717) is 30.0 Å². The van der Waals surface area contributed by atoms with Crippen molar-refractivity contribution in [1.82, 2.24) is 9.88 Å². The second-order valence-corrected chi connectivity index (χ2v) is 11.0. The van der Waals surface area contributed by atoms with Crippen LogP contribution in [-0.2, 0) is 9.53 Å². The summed E-state index contributed by atoms with van der Waals surface area (Å²) < 4.78 is 30.6. The molecule has 1 unspecified atom stereocenters. The molecule has 33 heavy (non-hydrogen) atoms. The number of aryl methyl sites for hydroxylation is 1. The second-order valence-electron chi connectivity index (χ2n) is 9.93. The predicted octanol–water partition coefficient (Wildman–Crippen LogP) is 5.63. The third-order valence-corrected chi connectivity index (χ3v) is 7.98. The molecule has 2 heterocycles. The Morgan fingerprint density at radius 2 is 2.09 bits per heavy atom. The van der Waals surface area contributed by atoms with Gasteiger partial charge in [0.2, 0.25) is 0 Å². The van der Waals surface area contributed by atoms with Gasteiger partial charge in [-0.3, -0.25) is 9.69 Å². The molecule has 0 bridgehead atoms. The molecule has 0 amide bonds. The van der Waals surface area contributed by atoms with Crippen LogP contribution in [-0.4, -0.2) is 40.7 Å². The van der Waals surface area contributed by atoms with Gasteiger partial charge in [0.15, 0.2) is 0 Å². The number of alkyl halides is 2. The first kappa shape index (κ1) is 25.3. The number of nitrogens with zero attached hydrogens (tertiary/aromatic N) is 3. The fraction of sp³-hybridized carbons (Fsp3) is 0.625. The highest BCUT2D eigenvalue weighted by atomic mass is 32.1. The molecule has 0 saturated carbocycles. The molecule has 1 aliphatic carbocycles. The summed E-state index contributed by atoms with van der Waals surface area (Å²) >= 11 is 1.39. The summed E-state index contributed by atoms with van der Waals surface area (Å²) in [7, 11) is 0. The maximum atomic E-state index is 13.0. The van der Waals surface area contributed by atoms with E-state index < -0.39 is 24.4 Å². The van der Waals surface area contributed by atoms with E-state index in [2.05, 4.69) is 36.7 Å². The van der Waals surface area contributed by atoms with Gasteiger partial charge in [-0.15, -0.1) is 11.3 Å². The molecule has 1 aromatic heterocycles. The van der Waals surface area contributed by atoms with Crippen LogP contribution >= 0.6 is 11.3 Å². The Balaban J connectivity index is 1.91. The number of nitriles is 1. The number of ether oxygens (including phenoxy) is 1. The summed E-state index contributed by atoms with van der Waals surface area (Å²) in [6.07, 6.45) is 4.12. The summed E-state index contributed by atoms with van der Waals surface area (Å²) in [6.45, 7) is 8.58. The van der Waals surface area contributed by atoms with Crippen LogP contribution in [0, 0.1) is 41.4 Å². The lowest BCUT2D eigenvalue weighted by atomic mass is 9.73. The predicted molar refractivity (Wildman–Crippen MR) is 122 cm³/mol. The Kier molecular flexibility index (Phi) is 7.59. The first-order valence-corrected chi connectivity index (χ1v) is 11.9. The van der Waals surface area contributed by atoms with Crippen molar-refractivity contribution in [3.63, 3.8) is 0 Å². The number of carboxylic acid groups (broad SMARTS) is 1. The SMILES string of the molecule is Cc1nc(C2=CC(C#N)CC=C2OC(F)F)sc1[C@@H](C)N1C[C@H](C(=O)O)C[C@@H](C(C)(C)C)C1. The molecule has 6 nitrogen and oxygen atoms in total. The minimum Gasteiger partial charge on any atom is -0.481 e. The van der Waals surface area contributed by atoms with Gasteiger partial charge in [-0.1, -0.05) is 26.8 Å². The van der Waals surface area contributed by atoms with Crippen molar-refractivity contribution >= 4 is 22.9 Å². The fourth-order valence-corrected chi connectivity index (χ4v) is 5.68. The van der Waals surface area contributed by atoms with Crippen molar-refractivity contribution in [3.05, 3.63) is 33.5 Å². The first-order valence-electron chi connectivity index (χ1n) is 11.1. The third-order valence-electron chi connectivity index (χ3n) is 6.62. The Hall–Kier alpha value is -2.31. The number of thiazole rings is 1. The number of piperidine rings is 1. The van der Waals surface area contributed by atoms with Gasteiger partial charge in [0.25, 0.3) is 0 Å². The summed E-state index contributed by atoms with van der Waals surface area (Å²) in [5.74, 6) is -1.38. The number of allylic oxidation sites excluding steroid dienone is 3. The van der Waals surface area contributed by atoms with Crippen molar-refractivity contribution in [2.24, 2.45) is 23.2 Å². The molecule has 2 aliphatic rings. The maximum Gasteiger partial charge on any atom is 0.387 e. The standard InChI is InChI=1S/C24H31F2N3O3S/c1-13-20(14(2)29-11-16(22(30)31)9-17(12-29)24(3,4)5)33-21(28-13)18-8-15(10-27)6-7-19(18)32-23(25)26/h7-8,14-17,23H,6,9,11-12H2,1-5H3,(H,30,31)/t14-,15?,16-,17-/m1/s1. The maximum absolute atomic E-state index is 13.0. The highest BCUT2D eigenvalue weighted by Gasteiger charge is 2.39. The quantitative estimate of drug-likeness (QED) is 0.569. The summed E-state index contributed by atoms with van der Waals surface area (Å²) in [6, 6.07) is 2.08. The van der Waals surface area contributed by atoms with Gasteiger partial charge in [0.05, 0.1) is 23.6 Å². The fourth-order valence-electron chi connectivity index (χ4n) is 4.50. The van der Waals surface area contributed by atoms with E-state index in [9.17, 15) is 23.9 Å². The Labute approximate surface area is 197 Å². The number of rotatable bonds is 6. The summed E-state index contributed by atoms with van der Waals surface area (Å²) in [5.41, 5.74) is 1.16. The van der Waals surface area contributed by atoms with Crippen LogP contribution in [0.5, 0.6) is 0 Å². The van der Waals surface area contributed by atoms with E-state index in [0.717, 1.165) is 17.1 Å². The number of likely N-dealkylation sites (tertiary alicyclic amines) is 1. The van der Waals surface area contributed by atoms with E-state index in [4.69, 9.17) is 4.74 Å². The average Bonchev–Trinajstić information content (AvgIpc) is 3.13. The van der Waals surface area contributed by atoms with Crippen molar-refractivity contribution in [2.45, 2.75) is 60.1 Å². The molecule has 1 aromatic rings. The molecule has 1 aliphatic heterocycles. The number of aromatic nitrogens is 1. The van der Waals surface area contributed by atoms with Gasteiger partial charge in [-0.05, 0) is 44.1 Å². The lowest BCUT2D eigenvalue weighted by molar-refractivity contribution is -0.145. The Morgan fingerprint density at radius 3 is 2.67 bits per heavy atom. The zero-order valence-electron chi connectivity index (χ0n) is 19.6. The topological polar surface area (TPSA) is 86.5 Å². The van der Waals surface area contributed by atoms with E-state index in [1.165, 1.54) is 17.4 Å². The molecular weight excluding hydrogens is 448 g/mol. The minimum absolute atomic E-state index is 0.0223. The van der Waals surface area contributed by atoms with Crippen molar-refractivity contribution in [1.29, 1.82) is 5.26 Å². The zero-order valence-corrected chi connectivity index (χ0v) is 20.5. The first-order chi connectivity index (χ1) is 15.4. The second kappa shape index (κ2) is 9.90. The number of hydrogen-bond donors (Lipinski definition) is 1. The number of hydrogen-bond acceptors (Lipinski definition) is 6. The van der Waals surface area contributed by atoms with Crippen LogP contribution in [0.15, 0.2) is 17.9 Å². The molecule has 0 spiro atoms. The van der Waals surface area contributed by atoms with E-state index in [1.54, 1.807) is 6.08 Å². The smallest absolute Gasteiger partial charge is 0.387 e. The molecule has 0 aromatic carbocycles. The van der Waals surface area contributed by atoms with E-state index >= 15 is 0 Å². The van der Waals surface area contributed by atoms with Crippen LogP contribution in [0.4, 0.5) is 8.78 Å². The summed E-state index contributed by atoms with van der Waals surface area (Å²) in [5, 5.41) is 19.6. The molecule has 9 heteroatoms. The van der Waals surface area contributed by atoms with Crippen LogP contribution < -0.4 is 0 Å². The van der Waals surface area contributed by atoms with E-state index in [-0.39, 0.29) is 23.1 Å². The van der Waals surface area contributed by atoms with Crippen LogP contribution in [0.2, 0.25) is 0 Å². The van der Waals surface area contributed by atoms with E-state index in [1.807, 2.05) is 13.8 Å². The van der Waals surface area contributed by atoms with Gasteiger partial charge in [-0.2, -0.15) is 14.0 Å². The number of halogens is 2. The van der Waals surface area contributed by atoms with Crippen LogP contribution in [0.25, 0.3) is 5.57 Å². The third kappa shape index (κ3) is 5.79. The normalized spacial score (nSPS) is 25.2. The lowest BCUT2D eigenvalue weighted by Crippen LogP contribution is -2.47. The van der Waals surface area contributed by atoms with Gasteiger partial charge in [0.1, 0.15) is 10.8 Å². The van der Waals surface area contributed by atoms with Gasteiger partial charge in [0, 0.05) is 29.6 Å². The molecule has 3 rings (SSSR count). The molecule has 1 saturated heterocycles. The van der Waals surface area contributed by atoms with Crippen molar-refractivity contribution in [2.75, 3.05) is 13.1 Å². The largest absolute Gasteiger partial charge is 0.481 e. The highest BCUT2D eigenvalue weighted by Crippen LogP contribution is 2.42. The van der Waals surface area contributed by atoms with Gasteiger partial charge in [-0.25, -0.2) is 4.98 Å². The van der Waals surface area contributed by atoms with Crippen LogP contribution in [0.3, 0.4) is 0 Å². The highest BCUT2D eigenvalue weighted by molar-refractivity contribution is 7.13. The lowest BCUT2D eigenvalue weighted by Gasteiger charge is -2.44. The monoisotopic (exact) mass is 479 g/mol. The zero-order chi connectivity index (χ0) is 24.5. The number of carbonyl (C=O) groups is 1. The van der Waals surface area contributed by atoms with Gasteiger partial charge >= 0.3 is 12.6 Å². The van der Waals surface area contributed by atoms with Crippen LogP contribution in [0.1, 0.15) is 62.2 Å². The molecule has 1 fully saturated rings. The molecule has 1 N–H and O–H groups in total. The number of carboxylic acids is 1. The van der Waals surface area contributed by atoms with Crippen molar-refractivity contribution in [3.8, 4) is 6.07 Å².